The molecule has 2 heterocycles. The predicted octanol–water partition coefficient (Wildman–Crippen LogP) is 3.27. The van der Waals surface area contributed by atoms with Crippen molar-refractivity contribution < 1.29 is 4.79 Å². The lowest BCUT2D eigenvalue weighted by Gasteiger charge is -2.00. The van der Waals surface area contributed by atoms with E-state index in [0.717, 1.165) is 22.4 Å². The molecule has 3 rings (SSSR count). The SMILES string of the molecule is NCC(=O)Nc1nc(-c2cccc(C=Cc3ccncc3)c2)cs1. The summed E-state index contributed by atoms with van der Waals surface area (Å²) in [6.45, 7) is -0.0514. The molecule has 0 fully saturated rings. The molecule has 1 amide bonds. The number of nitrogens with one attached hydrogen (secondary N) is 1. The summed E-state index contributed by atoms with van der Waals surface area (Å²) in [5.41, 5.74) is 9.28. The van der Waals surface area contributed by atoms with Crippen molar-refractivity contribution in [1.29, 1.82) is 0 Å². The van der Waals surface area contributed by atoms with E-state index in [0.29, 0.717) is 5.13 Å². The second-order valence-electron chi connectivity index (χ2n) is 5.03. The van der Waals surface area contributed by atoms with Gasteiger partial charge in [0.2, 0.25) is 5.91 Å². The van der Waals surface area contributed by atoms with E-state index in [4.69, 9.17) is 5.73 Å². The van der Waals surface area contributed by atoms with E-state index in [1.807, 2.05) is 47.9 Å². The molecule has 0 unspecified atom stereocenters. The van der Waals surface area contributed by atoms with Crippen molar-refractivity contribution in [1.82, 2.24) is 9.97 Å². The van der Waals surface area contributed by atoms with Crippen molar-refractivity contribution in [3.63, 3.8) is 0 Å². The first-order chi connectivity index (χ1) is 11.7. The third-order valence-corrected chi connectivity index (χ3v) is 4.05. The molecule has 1 aromatic carbocycles. The van der Waals surface area contributed by atoms with Gasteiger partial charge in [-0.05, 0) is 29.3 Å². The molecular weight excluding hydrogens is 320 g/mol. The maximum absolute atomic E-state index is 11.3. The number of hydrogen-bond acceptors (Lipinski definition) is 5. The first-order valence-electron chi connectivity index (χ1n) is 7.38. The van der Waals surface area contributed by atoms with Crippen LogP contribution >= 0.6 is 11.3 Å². The van der Waals surface area contributed by atoms with Crippen LogP contribution in [0.4, 0.5) is 5.13 Å². The van der Waals surface area contributed by atoms with Gasteiger partial charge in [0.05, 0.1) is 12.2 Å². The molecule has 3 aromatic rings. The molecule has 0 bridgehead atoms. The fraction of sp³-hybridized carbons (Fsp3) is 0.0556. The van der Waals surface area contributed by atoms with Crippen molar-refractivity contribution in [2.24, 2.45) is 5.73 Å². The molecule has 2 aromatic heterocycles. The van der Waals surface area contributed by atoms with Crippen molar-refractivity contribution in [2.45, 2.75) is 0 Å². The van der Waals surface area contributed by atoms with Crippen LogP contribution in [0, 0.1) is 0 Å². The summed E-state index contributed by atoms with van der Waals surface area (Å²) in [4.78, 5) is 19.7. The molecule has 6 heteroatoms. The highest BCUT2D eigenvalue weighted by molar-refractivity contribution is 7.14. The van der Waals surface area contributed by atoms with E-state index < -0.39 is 0 Å². The van der Waals surface area contributed by atoms with Crippen LogP contribution in [-0.2, 0) is 4.79 Å². The van der Waals surface area contributed by atoms with Gasteiger partial charge in [-0.25, -0.2) is 4.98 Å². The Morgan fingerprint density at radius 3 is 2.75 bits per heavy atom. The average molecular weight is 336 g/mol. The van der Waals surface area contributed by atoms with Gasteiger partial charge in [0, 0.05) is 23.3 Å². The van der Waals surface area contributed by atoms with Crippen LogP contribution in [0.2, 0.25) is 0 Å². The molecule has 0 radical (unpaired) electrons. The Morgan fingerprint density at radius 1 is 1.17 bits per heavy atom. The summed E-state index contributed by atoms with van der Waals surface area (Å²) in [5, 5.41) is 5.13. The van der Waals surface area contributed by atoms with Gasteiger partial charge in [-0.3, -0.25) is 9.78 Å². The Morgan fingerprint density at radius 2 is 1.96 bits per heavy atom. The largest absolute Gasteiger partial charge is 0.322 e. The lowest BCUT2D eigenvalue weighted by molar-refractivity contribution is -0.114. The minimum Gasteiger partial charge on any atom is -0.322 e. The van der Waals surface area contributed by atoms with Crippen LogP contribution in [0.15, 0.2) is 54.2 Å². The third kappa shape index (κ3) is 4.13. The van der Waals surface area contributed by atoms with E-state index in [-0.39, 0.29) is 12.5 Å². The fourth-order valence-electron chi connectivity index (χ4n) is 2.10. The lowest BCUT2D eigenvalue weighted by Crippen LogP contribution is -2.21. The van der Waals surface area contributed by atoms with Gasteiger partial charge in [-0.1, -0.05) is 30.4 Å². The summed E-state index contributed by atoms with van der Waals surface area (Å²) in [7, 11) is 0. The van der Waals surface area contributed by atoms with Crippen molar-refractivity contribution in [2.75, 3.05) is 11.9 Å². The van der Waals surface area contributed by atoms with Crippen LogP contribution in [0.25, 0.3) is 23.4 Å². The second-order valence-corrected chi connectivity index (χ2v) is 5.89. The lowest BCUT2D eigenvalue weighted by atomic mass is 10.1. The number of benzene rings is 1. The minimum atomic E-state index is -0.245. The van der Waals surface area contributed by atoms with Gasteiger partial charge in [-0.2, -0.15) is 0 Å². The van der Waals surface area contributed by atoms with Gasteiger partial charge in [0.15, 0.2) is 5.13 Å². The van der Waals surface area contributed by atoms with E-state index in [9.17, 15) is 4.79 Å². The number of anilines is 1. The first kappa shape index (κ1) is 16.0. The number of nitrogens with two attached hydrogens (primary N) is 1. The van der Waals surface area contributed by atoms with Crippen molar-refractivity contribution in [3.8, 4) is 11.3 Å². The fourth-order valence-corrected chi connectivity index (χ4v) is 2.84. The molecule has 0 saturated heterocycles. The Bertz CT molecular complexity index is 858. The Kier molecular flexibility index (Phi) is 5.10. The molecule has 24 heavy (non-hydrogen) atoms. The molecule has 0 saturated carbocycles. The Hall–Kier alpha value is -2.83. The first-order valence-corrected chi connectivity index (χ1v) is 8.26. The van der Waals surface area contributed by atoms with Gasteiger partial charge < -0.3 is 11.1 Å². The van der Waals surface area contributed by atoms with Gasteiger partial charge in [0.25, 0.3) is 0 Å². The maximum atomic E-state index is 11.3. The molecular formula is C18H16N4OS. The zero-order valence-corrected chi connectivity index (χ0v) is 13.7. The van der Waals surface area contributed by atoms with Crippen LogP contribution < -0.4 is 11.1 Å². The number of hydrogen-bond donors (Lipinski definition) is 2. The number of amides is 1. The maximum Gasteiger partial charge on any atom is 0.239 e. The minimum absolute atomic E-state index is 0.0514. The van der Waals surface area contributed by atoms with E-state index in [1.165, 1.54) is 11.3 Å². The Balaban J connectivity index is 1.78. The second kappa shape index (κ2) is 7.63. The van der Waals surface area contributed by atoms with Crippen LogP contribution in [0.1, 0.15) is 11.1 Å². The topological polar surface area (TPSA) is 80.9 Å². The zero-order chi connectivity index (χ0) is 16.8. The summed E-state index contributed by atoms with van der Waals surface area (Å²) in [6, 6.07) is 12.0. The molecule has 3 N–H and O–H groups in total. The molecule has 120 valence electrons. The molecule has 0 aliphatic heterocycles. The van der Waals surface area contributed by atoms with E-state index in [2.05, 4.69) is 21.4 Å². The Labute approximate surface area is 143 Å². The summed E-state index contributed by atoms with van der Waals surface area (Å²) in [5.74, 6) is -0.245. The molecule has 5 nitrogen and oxygen atoms in total. The number of thiazole rings is 1. The summed E-state index contributed by atoms with van der Waals surface area (Å²) < 4.78 is 0. The highest BCUT2D eigenvalue weighted by Crippen LogP contribution is 2.26. The molecule has 0 atom stereocenters. The number of rotatable bonds is 5. The number of aromatic nitrogens is 2. The number of carbonyl (C=O) groups excluding carboxylic acids is 1. The smallest absolute Gasteiger partial charge is 0.239 e. The molecule has 0 aliphatic rings. The highest BCUT2D eigenvalue weighted by atomic mass is 32.1. The standard InChI is InChI=1S/C18H16N4OS/c19-11-17(23)22-18-21-16(12-24-18)15-3-1-2-14(10-15)5-4-13-6-8-20-9-7-13/h1-10,12H,11,19H2,(H,21,22,23). The van der Waals surface area contributed by atoms with Gasteiger partial charge in [0.1, 0.15) is 0 Å². The van der Waals surface area contributed by atoms with Gasteiger partial charge >= 0.3 is 0 Å². The zero-order valence-electron chi connectivity index (χ0n) is 12.8. The van der Waals surface area contributed by atoms with Crippen molar-refractivity contribution in [3.05, 3.63) is 65.3 Å². The van der Waals surface area contributed by atoms with Crippen LogP contribution in [-0.4, -0.2) is 22.4 Å². The average Bonchev–Trinajstić information content (AvgIpc) is 3.09. The molecule has 0 aliphatic carbocycles. The van der Waals surface area contributed by atoms with E-state index >= 15 is 0 Å². The normalized spacial score (nSPS) is 10.9. The molecule has 0 spiro atoms. The number of carbonyl (C=O) groups is 1. The quantitative estimate of drug-likeness (QED) is 0.749. The number of pyridine rings is 1. The monoisotopic (exact) mass is 336 g/mol. The third-order valence-electron chi connectivity index (χ3n) is 3.29. The van der Waals surface area contributed by atoms with Gasteiger partial charge in [-0.15, -0.1) is 11.3 Å². The van der Waals surface area contributed by atoms with E-state index in [1.54, 1.807) is 12.4 Å². The van der Waals surface area contributed by atoms with Crippen LogP contribution in [0.3, 0.4) is 0 Å². The summed E-state index contributed by atoms with van der Waals surface area (Å²) >= 11 is 1.38. The predicted molar refractivity (Wildman–Crippen MR) is 98.4 cm³/mol. The highest BCUT2D eigenvalue weighted by Gasteiger charge is 2.07. The summed E-state index contributed by atoms with van der Waals surface area (Å²) in [6.07, 6.45) is 7.61. The number of nitrogens with zero attached hydrogens (tertiary/aromatic N) is 2. The van der Waals surface area contributed by atoms with Crippen LogP contribution in [0.5, 0.6) is 0 Å². The van der Waals surface area contributed by atoms with Crippen molar-refractivity contribution >= 4 is 34.5 Å².